The zero-order valence-electron chi connectivity index (χ0n) is 8.82. The maximum absolute atomic E-state index is 5.95. The van der Waals surface area contributed by atoms with E-state index in [1.807, 2.05) is 6.08 Å². The molecule has 1 aliphatic rings. The summed E-state index contributed by atoms with van der Waals surface area (Å²) in [7, 11) is 0. The summed E-state index contributed by atoms with van der Waals surface area (Å²) >= 11 is 0. The molecular weight excluding hydrogens is 194 g/mol. The second-order valence-corrected chi connectivity index (χ2v) is 3.37. The molecule has 0 amide bonds. The van der Waals surface area contributed by atoms with Crippen LogP contribution in [0.25, 0.3) is 0 Å². The van der Waals surface area contributed by atoms with Crippen LogP contribution in [0.15, 0.2) is 24.0 Å². The van der Waals surface area contributed by atoms with Gasteiger partial charge in [0.25, 0.3) is 0 Å². The largest absolute Gasteiger partial charge is 0.493 e. The Morgan fingerprint density at radius 2 is 2.00 bits per heavy atom. The molecule has 0 heterocycles. The van der Waals surface area contributed by atoms with E-state index in [1.165, 1.54) is 0 Å². The second kappa shape index (κ2) is 5.87. The molecule has 0 saturated heterocycles. The number of nitrogens with two attached hydrogens (primary N) is 3. The first-order chi connectivity index (χ1) is 7.20. The Balaban J connectivity index is 2.39. The number of ether oxygens (including phenoxy) is 2. The van der Waals surface area contributed by atoms with Crippen LogP contribution in [-0.4, -0.2) is 32.0 Å². The lowest BCUT2D eigenvalue weighted by Crippen LogP contribution is -2.42. The van der Waals surface area contributed by atoms with E-state index in [0.717, 1.165) is 5.76 Å². The van der Waals surface area contributed by atoms with Crippen LogP contribution in [0.1, 0.15) is 6.42 Å². The van der Waals surface area contributed by atoms with E-state index in [9.17, 15) is 0 Å². The minimum Gasteiger partial charge on any atom is -0.493 e. The fourth-order valence-corrected chi connectivity index (χ4v) is 1.26. The van der Waals surface area contributed by atoms with Crippen molar-refractivity contribution in [3.63, 3.8) is 0 Å². The predicted octanol–water partition coefficient (Wildman–Crippen LogP) is -0.564. The second-order valence-electron chi connectivity index (χ2n) is 3.37. The highest BCUT2D eigenvalue weighted by molar-refractivity contribution is 5.22. The van der Waals surface area contributed by atoms with Crippen molar-refractivity contribution in [1.29, 1.82) is 0 Å². The normalized spacial score (nSPS) is 25.1. The van der Waals surface area contributed by atoms with Crippen LogP contribution in [-0.2, 0) is 9.47 Å². The van der Waals surface area contributed by atoms with Crippen molar-refractivity contribution in [2.45, 2.75) is 12.1 Å². The maximum Gasteiger partial charge on any atom is 0.139 e. The fourth-order valence-electron chi connectivity index (χ4n) is 1.26. The summed E-state index contributed by atoms with van der Waals surface area (Å²) < 4.78 is 10.8. The van der Waals surface area contributed by atoms with Crippen molar-refractivity contribution in [2.24, 2.45) is 17.2 Å². The molecule has 1 unspecified atom stereocenters. The summed E-state index contributed by atoms with van der Waals surface area (Å²) in [4.78, 5) is 0. The number of allylic oxidation sites excluding steroid dienone is 1. The minimum atomic E-state index is -0.741. The van der Waals surface area contributed by atoms with Gasteiger partial charge in [-0.05, 0) is 18.2 Å². The number of hydrogen-bond acceptors (Lipinski definition) is 5. The lowest BCUT2D eigenvalue weighted by molar-refractivity contribution is 0.000535. The Hall–Kier alpha value is -0.880. The molecule has 0 fully saturated rings. The van der Waals surface area contributed by atoms with E-state index in [4.69, 9.17) is 26.7 Å². The van der Waals surface area contributed by atoms with Crippen LogP contribution >= 0.6 is 0 Å². The number of rotatable bonds is 6. The summed E-state index contributed by atoms with van der Waals surface area (Å²) in [6.07, 6.45) is 6.07. The Bertz CT molecular complexity index is 253. The molecular formula is C10H19N3O2. The van der Waals surface area contributed by atoms with E-state index in [0.29, 0.717) is 32.7 Å². The van der Waals surface area contributed by atoms with Crippen molar-refractivity contribution in [3.8, 4) is 0 Å². The summed E-state index contributed by atoms with van der Waals surface area (Å²) in [6, 6.07) is 0. The van der Waals surface area contributed by atoms with Crippen molar-refractivity contribution >= 4 is 0 Å². The van der Waals surface area contributed by atoms with Crippen LogP contribution in [0.5, 0.6) is 0 Å². The van der Waals surface area contributed by atoms with E-state index in [2.05, 4.69) is 0 Å². The molecule has 0 aromatic carbocycles. The van der Waals surface area contributed by atoms with Gasteiger partial charge in [0.15, 0.2) is 0 Å². The van der Waals surface area contributed by atoms with Crippen molar-refractivity contribution in [2.75, 3.05) is 26.3 Å². The fraction of sp³-hybridized carbons (Fsp3) is 0.600. The molecule has 1 atom stereocenters. The third-order valence-corrected chi connectivity index (χ3v) is 2.03. The Morgan fingerprint density at radius 1 is 1.27 bits per heavy atom. The smallest absolute Gasteiger partial charge is 0.139 e. The van der Waals surface area contributed by atoms with E-state index in [1.54, 1.807) is 12.2 Å². The highest BCUT2D eigenvalue weighted by Crippen LogP contribution is 2.20. The monoisotopic (exact) mass is 213 g/mol. The highest BCUT2D eigenvalue weighted by atomic mass is 16.5. The van der Waals surface area contributed by atoms with E-state index >= 15 is 0 Å². The average Bonchev–Trinajstić information content (AvgIpc) is 2.26. The van der Waals surface area contributed by atoms with Crippen molar-refractivity contribution in [3.05, 3.63) is 24.0 Å². The molecule has 6 N–H and O–H groups in total. The predicted molar refractivity (Wildman–Crippen MR) is 58.8 cm³/mol. The van der Waals surface area contributed by atoms with Crippen LogP contribution in [0.2, 0.25) is 0 Å². The van der Waals surface area contributed by atoms with Gasteiger partial charge >= 0.3 is 0 Å². The topological polar surface area (TPSA) is 96.5 Å². The molecule has 0 aromatic heterocycles. The molecule has 0 saturated carbocycles. The summed E-state index contributed by atoms with van der Waals surface area (Å²) in [6.45, 7) is 1.93. The summed E-state index contributed by atoms with van der Waals surface area (Å²) in [5.41, 5.74) is 15.9. The first-order valence-corrected chi connectivity index (χ1v) is 5.05. The first kappa shape index (κ1) is 12.2. The first-order valence-electron chi connectivity index (χ1n) is 5.05. The lowest BCUT2D eigenvalue weighted by Gasteiger charge is -2.27. The molecule has 0 radical (unpaired) electrons. The SMILES string of the molecule is NCCOC1=CCC(N)(OCCN)C=C1. The third kappa shape index (κ3) is 4.01. The third-order valence-electron chi connectivity index (χ3n) is 2.03. The Kier molecular flexibility index (Phi) is 4.77. The molecule has 5 nitrogen and oxygen atoms in total. The summed E-state index contributed by atoms with van der Waals surface area (Å²) in [5, 5.41) is 0. The minimum absolute atomic E-state index is 0.452. The van der Waals surface area contributed by atoms with E-state index in [-0.39, 0.29) is 0 Å². The quantitative estimate of drug-likeness (QED) is 0.514. The maximum atomic E-state index is 5.95. The molecule has 0 spiro atoms. The lowest BCUT2D eigenvalue weighted by atomic mass is 10.0. The molecule has 15 heavy (non-hydrogen) atoms. The van der Waals surface area contributed by atoms with Gasteiger partial charge in [0.2, 0.25) is 0 Å². The van der Waals surface area contributed by atoms with Gasteiger partial charge in [-0.2, -0.15) is 0 Å². The average molecular weight is 213 g/mol. The van der Waals surface area contributed by atoms with Gasteiger partial charge < -0.3 is 20.9 Å². The van der Waals surface area contributed by atoms with Gasteiger partial charge in [0, 0.05) is 19.5 Å². The van der Waals surface area contributed by atoms with Gasteiger partial charge in [-0.3, -0.25) is 5.73 Å². The Morgan fingerprint density at radius 3 is 2.53 bits per heavy atom. The molecule has 0 aromatic rings. The van der Waals surface area contributed by atoms with Crippen LogP contribution in [0.3, 0.4) is 0 Å². The molecule has 0 bridgehead atoms. The molecule has 86 valence electrons. The molecule has 1 aliphatic carbocycles. The van der Waals surface area contributed by atoms with Gasteiger partial charge in [0.1, 0.15) is 18.1 Å². The van der Waals surface area contributed by atoms with Crippen LogP contribution in [0.4, 0.5) is 0 Å². The zero-order valence-corrected chi connectivity index (χ0v) is 8.82. The van der Waals surface area contributed by atoms with Crippen LogP contribution in [0, 0.1) is 0 Å². The molecule has 0 aliphatic heterocycles. The zero-order chi connectivity index (χ0) is 11.1. The van der Waals surface area contributed by atoms with Gasteiger partial charge in [-0.1, -0.05) is 0 Å². The van der Waals surface area contributed by atoms with Gasteiger partial charge in [-0.15, -0.1) is 0 Å². The highest BCUT2D eigenvalue weighted by Gasteiger charge is 2.23. The van der Waals surface area contributed by atoms with Gasteiger partial charge in [0.05, 0.1) is 6.61 Å². The molecule has 5 heteroatoms. The standard InChI is InChI=1S/C10H19N3O2/c11-5-7-14-9-1-3-10(13,4-2-9)15-8-6-12/h1-3H,4-8,11-13H2. The van der Waals surface area contributed by atoms with Crippen molar-refractivity contribution < 1.29 is 9.47 Å². The molecule has 1 rings (SSSR count). The van der Waals surface area contributed by atoms with Crippen molar-refractivity contribution in [1.82, 2.24) is 0 Å². The van der Waals surface area contributed by atoms with Crippen LogP contribution < -0.4 is 17.2 Å². The van der Waals surface area contributed by atoms with Gasteiger partial charge in [-0.25, -0.2) is 0 Å². The van der Waals surface area contributed by atoms with E-state index < -0.39 is 5.72 Å². The Labute approximate surface area is 89.9 Å². The number of hydrogen-bond donors (Lipinski definition) is 3. The summed E-state index contributed by atoms with van der Waals surface area (Å²) in [5.74, 6) is 0.790.